The van der Waals surface area contributed by atoms with Gasteiger partial charge in [-0.3, -0.25) is 0 Å². The summed E-state index contributed by atoms with van der Waals surface area (Å²) in [6.45, 7) is 7.28. The van der Waals surface area contributed by atoms with Crippen molar-refractivity contribution in [3.8, 4) is 23.6 Å². The molecule has 0 bridgehead atoms. The van der Waals surface area contributed by atoms with E-state index in [1.54, 1.807) is 12.1 Å². The molecule has 0 fully saturated rings. The maximum Gasteiger partial charge on any atom is 0.128 e. The van der Waals surface area contributed by atoms with E-state index in [4.69, 9.17) is 20.0 Å². The molecule has 0 aromatic heterocycles. The van der Waals surface area contributed by atoms with Gasteiger partial charge in [-0.2, -0.15) is 10.5 Å². The van der Waals surface area contributed by atoms with Crippen LogP contribution in [0.15, 0.2) is 25.3 Å². The highest BCUT2D eigenvalue weighted by Gasteiger charge is 2.15. The van der Waals surface area contributed by atoms with Crippen molar-refractivity contribution in [2.75, 3.05) is 14.2 Å². The Kier molecular flexibility index (Phi) is 4.12. The van der Waals surface area contributed by atoms with Gasteiger partial charge >= 0.3 is 0 Å². The van der Waals surface area contributed by atoms with Gasteiger partial charge in [0.15, 0.2) is 0 Å². The maximum atomic E-state index is 8.88. The van der Waals surface area contributed by atoms with Gasteiger partial charge in [-0.25, -0.2) is 0 Å². The van der Waals surface area contributed by atoms with Crippen LogP contribution < -0.4 is 9.47 Å². The second-order valence-electron chi connectivity index (χ2n) is 3.43. The number of nitrogens with zero attached hydrogens (tertiary/aromatic N) is 2. The van der Waals surface area contributed by atoms with Crippen LogP contribution in [0.2, 0.25) is 0 Å². The van der Waals surface area contributed by atoms with Crippen LogP contribution in [0.5, 0.6) is 11.5 Å². The minimum Gasteiger partial charge on any atom is -0.496 e. The first-order valence-corrected chi connectivity index (χ1v) is 5.03. The molecule has 0 aliphatic carbocycles. The van der Waals surface area contributed by atoms with Crippen LogP contribution in [0.1, 0.15) is 11.1 Å². The Hall–Kier alpha value is -2.72. The monoisotopic (exact) mass is 240 g/mol. The zero-order valence-electron chi connectivity index (χ0n) is 10.3. The van der Waals surface area contributed by atoms with Gasteiger partial charge in [0.1, 0.15) is 11.5 Å². The lowest BCUT2D eigenvalue weighted by Crippen LogP contribution is -1.96. The van der Waals surface area contributed by atoms with Gasteiger partial charge in [-0.1, -0.05) is 13.2 Å². The first kappa shape index (κ1) is 13.3. The number of allylic oxidation sites excluding steroid dienone is 2. The molecule has 0 N–H and O–H groups in total. The molecule has 18 heavy (non-hydrogen) atoms. The Morgan fingerprint density at radius 1 is 0.944 bits per heavy atom. The molecule has 0 spiro atoms. The van der Waals surface area contributed by atoms with Gasteiger partial charge in [0.25, 0.3) is 0 Å². The molecule has 0 unspecified atom stereocenters. The summed E-state index contributed by atoms with van der Waals surface area (Å²) in [5.74, 6) is 0.905. The first-order chi connectivity index (χ1) is 8.58. The summed E-state index contributed by atoms with van der Waals surface area (Å²) >= 11 is 0. The molecule has 1 aromatic rings. The Labute approximate surface area is 106 Å². The Morgan fingerprint density at radius 2 is 1.28 bits per heavy atom. The molecule has 4 heteroatoms. The highest BCUT2D eigenvalue weighted by atomic mass is 16.5. The lowest BCUT2D eigenvalue weighted by atomic mass is 10.00. The quantitative estimate of drug-likeness (QED) is 0.759. The van der Waals surface area contributed by atoms with Crippen molar-refractivity contribution < 1.29 is 9.47 Å². The molecule has 0 aliphatic heterocycles. The summed E-state index contributed by atoms with van der Waals surface area (Å²) in [7, 11) is 2.96. The molecule has 0 saturated carbocycles. The Bertz CT molecular complexity index is 535. The SMILES string of the molecule is C=C(C#N)c1cc(OC)c(C(=C)C#N)cc1OC. The third-order valence-electron chi connectivity index (χ3n) is 2.44. The highest BCUT2D eigenvalue weighted by Crippen LogP contribution is 2.35. The molecule has 1 aromatic carbocycles. The molecular formula is C14H12N2O2. The summed E-state index contributed by atoms with van der Waals surface area (Å²) < 4.78 is 10.4. The first-order valence-electron chi connectivity index (χ1n) is 5.03. The summed E-state index contributed by atoms with van der Waals surface area (Å²) in [4.78, 5) is 0. The van der Waals surface area contributed by atoms with Crippen molar-refractivity contribution in [3.63, 3.8) is 0 Å². The molecule has 0 atom stereocenters. The van der Waals surface area contributed by atoms with Crippen LogP contribution in [0.4, 0.5) is 0 Å². The van der Waals surface area contributed by atoms with E-state index in [9.17, 15) is 0 Å². The lowest BCUT2D eigenvalue weighted by Gasteiger charge is -2.13. The third-order valence-corrected chi connectivity index (χ3v) is 2.44. The zero-order valence-corrected chi connectivity index (χ0v) is 10.3. The predicted octanol–water partition coefficient (Wildman–Crippen LogP) is 2.78. The number of methoxy groups -OCH3 is 2. The predicted molar refractivity (Wildman–Crippen MR) is 68.8 cm³/mol. The minimum atomic E-state index is 0.263. The van der Waals surface area contributed by atoms with Crippen LogP contribution in [0, 0.1) is 22.7 Å². The lowest BCUT2D eigenvalue weighted by molar-refractivity contribution is 0.401. The average Bonchev–Trinajstić information content (AvgIpc) is 2.43. The standard InChI is InChI=1S/C14H12N2O2/c1-9(7-15)11-5-14(18-4)12(10(2)8-16)6-13(11)17-3/h5-6H,1-2H2,3-4H3. The fourth-order valence-electron chi connectivity index (χ4n) is 1.49. The molecule has 1 rings (SSSR count). The molecule has 0 aliphatic rings. The number of ether oxygens (including phenoxy) is 2. The highest BCUT2D eigenvalue weighted by molar-refractivity contribution is 5.85. The number of nitriles is 2. The molecular weight excluding hydrogens is 228 g/mol. The van der Waals surface area contributed by atoms with Crippen molar-refractivity contribution in [2.24, 2.45) is 0 Å². The zero-order chi connectivity index (χ0) is 13.7. The van der Waals surface area contributed by atoms with Gasteiger partial charge in [0.2, 0.25) is 0 Å². The van der Waals surface area contributed by atoms with E-state index in [-0.39, 0.29) is 11.1 Å². The van der Waals surface area contributed by atoms with Crippen molar-refractivity contribution >= 4 is 11.1 Å². The largest absolute Gasteiger partial charge is 0.496 e. The van der Waals surface area contributed by atoms with E-state index in [2.05, 4.69) is 13.2 Å². The van der Waals surface area contributed by atoms with Crippen LogP contribution in [0.25, 0.3) is 11.1 Å². The smallest absolute Gasteiger partial charge is 0.128 e. The molecule has 0 heterocycles. The van der Waals surface area contributed by atoms with Gasteiger partial charge < -0.3 is 9.47 Å². The Morgan fingerprint density at radius 3 is 1.50 bits per heavy atom. The fraction of sp³-hybridized carbons (Fsp3) is 0.143. The summed E-state index contributed by atoms with van der Waals surface area (Å²) in [6, 6.07) is 7.13. The molecule has 0 radical (unpaired) electrons. The topological polar surface area (TPSA) is 66.0 Å². The van der Waals surface area contributed by atoms with E-state index in [1.165, 1.54) is 14.2 Å². The summed E-state index contributed by atoms with van der Waals surface area (Å²) in [6.07, 6.45) is 0. The number of hydrogen-bond donors (Lipinski definition) is 0. The van der Waals surface area contributed by atoms with E-state index >= 15 is 0 Å². The van der Waals surface area contributed by atoms with Crippen LogP contribution in [-0.4, -0.2) is 14.2 Å². The van der Waals surface area contributed by atoms with Gasteiger partial charge in [-0.15, -0.1) is 0 Å². The molecule has 90 valence electrons. The number of benzene rings is 1. The molecule has 0 amide bonds. The number of hydrogen-bond acceptors (Lipinski definition) is 4. The van der Waals surface area contributed by atoms with E-state index in [0.29, 0.717) is 22.6 Å². The van der Waals surface area contributed by atoms with E-state index < -0.39 is 0 Å². The van der Waals surface area contributed by atoms with Crippen LogP contribution in [0.3, 0.4) is 0 Å². The average molecular weight is 240 g/mol. The van der Waals surface area contributed by atoms with Crippen molar-refractivity contribution in [2.45, 2.75) is 0 Å². The van der Waals surface area contributed by atoms with Gasteiger partial charge in [0, 0.05) is 11.1 Å². The van der Waals surface area contributed by atoms with Crippen molar-refractivity contribution in [1.82, 2.24) is 0 Å². The van der Waals surface area contributed by atoms with E-state index in [1.807, 2.05) is 12.1 Å². The van der Waals surface area contributed by atoms with Gasteiger partial charge in [-0.05, 0) is 12.1 Å². The van der Waals surface area contributed by atoms with Crippen LogP contribution in [-0.2, 0) is 0 Å². The van der Waals surface area contributed by atoms with Crippen molar-refractivity contribution in [1.29, 1.82) is 10.5 Å². The Balaban J connectivity index is 3.53. The second kappa shape index (κ2) is 5.56. The van der Waals surface area contributed by atoms with E-state index in [0.717, 1.165) is 0 Å². The fourth-order valence-corrected chi connectivity index (χ4v) is 1.49. The molecule has 4 nitrogen and oxygen atoms in total. The van der Waals surface area contributed by atoms with Gasteiger partial charge in [0.05, 0.1) is 37.5 Å². The van der Waals surface area contributed by atoms with Crippen molar-refractivity contribution in [3.05, 3.63) is 36.4 Å². The normalized spacial score (nSPS) is 8.89. The second-order valence-corrected chi connectivity index (χ2v) is 3.43. The van der Waals surface area contributed by atoms with Crippen LogP contribution >= 0.6 is 0 Å². The maximum absolute atomic E-state index is 8.88. The molecule has 0 saturated heterocycles. The third kappa shape index (κ3) is 2.34. The summed E-state index contributed by atoms with van der Waals surface area (Å²) in [5, 5.41) is 17.8. The number of rotatable bonds is 4. The minimum absolute atomic E-state index is 0.263. The summed E-state index contributed by atoms with van der Waals surface area (Å²) in [5.41, 5.74) is 1.59.